The summed E-state index contributed by atoms with van der Waals surface area (Å²) >= 11 is 0. The lowest BCUT2D eigenvalue weighted by atomic mass is 9.82. The van der Waals surface area contributed by atoms with E-state index in [9.17, 15) is 0 Å². The van der Waals surface area contributed by atoms with Crippen molar-refractivity contribution in [3.8, 4) is 11.5 Å². The van der Waals surface area contributed by atoms with E-state index in [1.54, 1.807) is 14.2 Å². The first-order valence-corrected chi connectivity index (χ1v) is 8.93. The zero-order valence-electron chi connectivity index (χ0n) is 14.6. The third-order valence-electron chi connectivity index (χ3n) is 5.07. The molecule has 1 unspecified atom stereocenters. The van der Waals surface area contributed by atoms with Crippen LogP contribution in [0.25, 0.3) is 0 Å². The Hall–Kier alpha value is -1.18. The van der Waals surface area contributed by atoms with Crippen LogP contribution in [0.2, 0.25) is 0 Å². The predicted octanol–water partition coefficient (Wildman–Crippen LogP) is 5.63. The van der Waals surface area contributed by atoms with Crippen LogP contribution in [0.15, 0.2) is 18.2 Å². The smallest absolute Gasteiger partial charge is 0.160 e. The monoisotopic (exact) mass is 304 g/mol. The molecule has 0 amide bonds. The Kier molecular flexibility index (Phi) is 7.08. The lowest BCUT2D eigenvalue weighted by Gasteiger charge is -2.24. The van der Waals surface area contributed by atoms with Crippen molar-refractivity contribution in [2.45, 2.75) is 64.7 Å². The number of hydrogen-bond donors (Lipinski definition) is 0. The highest BCUT2D eigenvalue weighted by atomic mass is 16.5. The van der Waals surface area contributed by atoms with E-state index in [4.69, 9.17) is 9.47 Å². The summed E-state index contributed by atoms with van der Waals surface area (Å²) in [6, 6.07) is 6.29. The van der Waals surface area contributed by atoms with Crippen molar-refractivity contribution >= 4 is 0 Å². The van der Waals surface area contributed by atoms with Crippen LogP contribution in [0.5, 0.6) is 11.5 Å². The zero-order valence-corrected chi connectivity index (χ0v) is 14.6. The van der Waals surface area contributed by atoms with Gasteiger partial charge < -0.3 is 9.47 Å². The van der Waals surface area contributed by atoms with E-state index >= 15 is 0 Å². The fraction of sp³-hybridized carbons (Fsp3) is 0.700. The van der Waals surface area contributed by atoms with E-state index < -0.39 is 0 Å². The summed E-state index contributed by atoms with van der Waals surface area (Å²) in [5.41, 5.74) is 1.35. The maximum absolute atomic E-state index is 5.38. The molecular weight excluding hydrogens is 272 g/mol. The van der Waals surface area contributed by atoms with Crippen molar-refractivity contribution < 1.29 is 9.47 Å². The largest absolute Gasteiger partial charge is 0.493 e. The summed E-state index contributed by atoms with van der Waals surface area (Å²) in [5, 5.41) is 0. The number of ether oxygens (including phenoxy) is 2. The third kappa shape index (κ3) is 5.23. The molecule has 1 aliphatic carbocycles. The van der Waals surface area contributed by atoms with Gasteiger partial charge in [-0.25, -0.2) is 0 Å². The Morgan fingerprint density at radius 1 is 1.05 bits per heavy atom. The second kappa shape index (κ2) is 9.07. The minimum absolute atomic E-state index is 0.817. The molecule has 0 spiro atoms. The van der Waals surface area contributed by atoms with E-state index in [1.165, 1.54) is 56.9 Å². The van der Waals surface area contributed by atoms with Gasteiger partial charge in [0.25, 0.3) is 0 Å². The fourth-order valence-electron chi connectivity index (χ4n) is 3.80. The normalized spacial score (nSPS) is 17.2. The molecule has 0 heterocycles. The van der Waals surface area contributed by atoms with Crippen molar-refractivity contribution in [3.63, 3.8) is 0 Å². The Balaban J connectivity index is 1.73. The van der Waals surface area contributed by atoms with E-state index in [2.05, 4.69) is 19.1 Å². The van der Waals surface area contributed by atoms with E-state index in [0.29, 0.717) is 0 Å². The van der Waals surface area contributed by atoms with E-state index in [1.807, 2.05) is 6.07 Å². The summed E-state index contributed by atoms with van der Waals surface area (Å²) in [5.74, 6) is 3.53. The average Bonchev–Trinajstić information content (AvgIpc) is 2.55. The first-order valence-electron chi connectivity index (χ1n) is 8.93. The standard InChI is InChI=1S/C20H32O2/c1-16(14-17-9-5-4-6-10-17)8-7-11-18-12-13-19(21-2)20(15-18)22-3/h12-13,15-17H,4-11,14H2,1-3H3. The summed E-state index contributed by atoms with van der Waals surface area (Å²) in [6.07, 6.45) is 12.5. The highest BCUT2D eigenvalue weighted by Gasteiger charge is 2.16. The van der Waals surface area contributed by atoms with Crippen LogP contribution < -0.4 is 9.47 Å². The second-order valence-electron chi connectivity index (χ2n) is 6.93. The first kappa shape index (κ1) is 17.2. The van der Waals surface area contributed by atoms with Gasteiger partial charge in [-0.2, -0.15) is 0 Å². The molecule has 1 fully saturated rings. The van der Waals surface area contributed by atoms with Crippen LogP contribution in [0.3, 0.4) is 0 Å². The van der Waals surface area contributed by atoms with Crippen LogP contribution in [-0.2, 0) is 6.42 Å². The molecule has 1 aromatic rings. The Morgan fingerprint density at radius 2 is 1.77 bits per heavy atom. The van der Waals surface area contributed by atoms with Gasteiger partial charge in [0, 0.05) is 0 Å². The van der Waals surface area contributed by atoms with E-state index in [0.717, 1.165) is 29.8 Å². The average molecular weight is 304 g/mol. The molecule has 0 radical (unpaired) electrons. The van der Waals surface area contributed by atoms with Gasteiger partial charge in [0.1, 0.15) is 0 Å². The van der Waals surface area contributed by atoms with Crippen LogP contribution >= 0.6 is 0 Å². The number of rotatable bonds is 8. The molecule has 1 aromatic carbocycles. The number of methoxy groups -OCH3 is 2. The molecule has 2 rings (SSSR count). The Morgan fingerprint density at radius 3 is 2.45 bits per heavy atom. The van der Waals surface area contributed by atoms with Gasteiger partial charge in [-0.1, -0.05) is 51.5 Å². The van der Waals surface area contributed by atoms with Crippen molar-refractivity contribution in [2.24, 2.45) is 11.8 Å². The van der Waals surface area contributed by atoms with Crippen molar-refractivity contribution in [1.29, 1.82) is 0 Å². The molecule has 1 saturated carbocycles. The molecule has 0 N–H and O–H groups in total. The highest BCUT2D eigenvalue weighted by molar-refractivity contribution is 5.42. The number of aryl methyl sites for hydroxylation is 1. The van der Waals surface area contributed by atoms with Crippen LogP contribution in [0.4, 0.5) is 0 Å². The fourth-order valence-corrected chi connectivity index (χ4v) is 3.80. The first-order chi connectivity index (χ1) is 10.7. The third-order valence-corrected chi connectivity index (χ3v) is 5.07. The van der Waals surface area contributed by atoms with Gasteiger partial charge in [-0.15, -0.1) is 0 Å². The van der Waals surface area contributed by atoms with Crippen molar-refractivity contribution in [2.75, 3.05) is 14.2 Å². The molecule has 22 heavy (non-hydrogen) atoms. The maximum Gasteiger partial charge on any atom is 0.160 e. The Bertz CT molecular complexity index is 435. The lowest BCUT2D eigenvalue weighted by molar-refractivity contribution is 0.287. The highest BCUT2D eigenvalue weighted by Crippen LogP contribution is 2.31. The van der Waals surface area contributed by atoms with Crippen molar-refractivity contribution in [1.82, 2.24) is 0 Å². The van der Waals surface area contributed by atoms with Gasteiger partial charge in [0.15, 0.2) is 11.5 Å². The molecule has 0 aromatic heterocycles. The van der Waals surface area contributed by atoms with Crippen LogP contribution in [-0.4, -0.2) is 14.2 Å². The van der Waals surface area contributed by atoms with Gasteiger partial charge in [0.2, 0.25) is 0 Å². The summed E-state index contributed by atoms with van der Waals surface area (Å²) in [4.78, 5) is 0. The van der Waals surface area contributed by atoms with Gasteiger partial charge in [-0.05, 0) is 48.8 Å². The summed E-state index contributed by atoms with van der Waals surface area (Å²) < 4.78 is 10.7. The summed E-state index contributed by atoms with van der Waals surface area (Å²) in [6.45, 7) is 2.43. The SMILES string of the molecule is COc1ccc(CCCC(C)CC2CCCCC2)cc1OC. The minimum Gasteiger partial charge on any atom is -0.493 e. The topological polar surface area (TPSA) is 18.5 Å². The van der Waals surface area contributed by atoms with Crippen LogP contribution in [0, 0.1) is 11.8 Å². The molecule has 0 aliphatic heterocycles. The molecule has 124 valence electrons. The lowest BCUT2D eigenvalue weighted by Crippen LogP contribution is -2.10. The molecule has 1 atom stereocenters. The van der Waals surface area contributed by atoms with Gasteiger partial charge in [0.05, 0.1) is 14.2 Å². The molecular formula is C20H32O2. The molecule has 1 aliphatic rings. The van der Waals surface area contributed by atoms with Crippen molar-refractivity contribution in [3.05, 3.63) is 23.8 Å². The van der Waals surface area contributed by atoms with Gasteiger partial charge in [-0.3, -0.25) is 0 Å². The molecule has 0 saturated heterocycles. The molecule has 0 bridgehead atoms. The van der Waals surface area contributed by atoms with Crippen LogP contribution in [0.1, 0.15) is 63.9 Å². The molecule has 2 nitrogen and oxygen atoms in total. The second-order valence-corrected chi connectivity index (χ2v) is 6.93. The predicted molar refractivity (Wildman–Crippen MR) is 92.8 cm³/mol. The van der Waals surface area contributed by atoms with E-state index in [-0.39, 0.29) is 0 Å². The number of benzene rings is 1. The quantitative estimate of drug-likeness (QED) is 0.619. The maximum atomic E-state index is 5.38. The van der Waals surface area contributed by atoms with Gasteiger partial charge >= 0.3 is 0 Å². The minimum atomic E-state index is 0.817. The summed E-state index contributed by atoms with van der Waals surface area (Å²) in [7, 11) is 3.39. The zero-order chi connectivity index (χ0) is 15.8. The Labute approximate surface area is 136 Å². The molecule has 2 heteroatoms. The number of hydrogen-bond acceptors (Lipinski definition) is 2.